The maximum absolute atomic E-state index is 13.4. The predicted octanol–water partition coefficient (Wildman–Crippen LogP) is 4.19. The van der Waals surface area contributed by atoms with Crippen LogP contribution in [0, 0.1) is 5.82 Å². The van der Waals surface area contributed by atoms with Crippen molar-refractivity contribution in [1.29, 1.82) is 0 Å². The van der Waals surface area contributed by atoms with Crippen LogP contribution in [0.1, 0.15) is 75.1 Å². The molecule has 0 spiro atoms. The highest BCUT2D eigenvalue weighted by atomic mass is 19.1. The lowest BCUT2D eigenvalue weighted by atomic mass is 9.69. The largest absolute Gasteiger partial charge is 0.338 e. The minimum Gasteiger partial charge on any atom is -0.338 e. The zero-order valence-corrected chi connectivity index (χ0v) is 13.9. The Morgan fingerprint density at radius 3 is 2.21 bits per heavy atom. The van der Waals surface area contributed by atoms with Crippen LogP contribution >= 0.6 is 0 Å². The second kappa shape index (κ2) is 5.96. The van der Waals surface area contributed by atoms with Gasteiger partial charge in [-0.3, -0.25) is 0 Å². The first-order valence-corrected chi connectivity index (χ1v) is 9.02. The molecule has 2 fully saturated rings. The molecule has 0 bridgehead atoms. The van der Waals surface area contributed by atoms with Gasteiger partial charge in [-0.1, -0.05) is 49.4 Å². The number of hydrogen-bond donors (Lipinski definition) is 1. The fraction of sp³-hybridized carbons (Fsp3) is 0.579. The van der Waals surface area contributed by atoms with E-state index in [4.69, 9.17) is 15.2 Å². The van der Waals surface area contributed by atoms with E-state index in [0.29, 0.717) is 11.7 Å². The minimum absolute atomic E-state index is 0.220. The van der Waals surface area contributed by atoms with Gasteiger partial charge < -0.3 is 10.3 Å². The van der Waals surface area contributed by atoms with E-state index in [0.717, 1.165) is 56.9 Å². The molecule has 0 atom stereocenters. The van der Waals surface area contributed by atoms with Crippen LogP contribution < -0.4 is 5.73 Å². The Bertz CT molecular complexity index is 698. The van der Waals surface area contributed by atoms with Crippen molar-refractivity contribution in [2.24, 2.45) is 5.73 Å². The van der Waals surface area contributed by atoms with E-state index in [1.54, 1.807) is 0 Å². The number of halogens is 1. The fourth-order valence-electron chi connectivity index (χ4n) is 4.40. The van der Waals surface area contributed by atoms with Crippen molar-refractivity contribution >= 4 is 0 Å². The Hall–Kier alpha value is -1.75. The van der Waals surface area contributed by atoms with Crippen LogP contribution in [0.3, 0.4) is 0 Å². The third kappa shape index (κ3) is 2.55. The van der Waals surface area contributed by atoms with Crippen molar-refractivity contribution in [3.8, 4) is 0 Å². The Balaban J connectivity index is 1.74. The summed E-state index contributed by atoms with van der Waals surface area (Å²) in [4.78, 5) is 4.76. The summed E-state index contributed by atoms with van der Waals surface area (Å²) in [6, 6.07) is 6.76. The van der Waals surface area contributed by atoms with Crippen LogP contribution in [0.15, 0.2) is 28.8 Å². The Labute approximate surface area is 141 Å². The highest BCUT2D eigenvalue weighted by Crippen LogP contribution is 2.45. The third-order valence-electron chi connectivity index (χ3n) is 5.88. The summed E-state index contributed by atoms with van der Waals surface area (Å²) >= 11 is 0. The maximum atomic E-state index is 13.4. The van der Waals surface area contributed by atoms with Crippen LogP contribution in [0.2, 0.25) is 0 Å². The van der Waals surface area contributed by atoms with Crippen molar-refractivity contribution in [3.05, 3.63) is 47.4 Å². The van der Waals surface area contributed by atoms with Gasteiger partial charge in [0, 0.05) is 0 Å². The van der Waals surface area contributed by atoms with Gasteiger partial charge in [0.25, 0.3) is 0 Å². The Morgan fingerprint density at radius 1 is 0.917 bits per heavy atom. The first kappa shape index (κ1) is 15.8. The summed E-state index contributed by atoms with van der Waals surface area (Å²) in [5.41, 5.74) is 6.81. The van der Waals surface area contributed by atoms with Gasteiger partial charge in [-0.25, -0.2) is 4.39 Å². The average Bonchev–Trinajstić information content (AvgIpc) is 3.26. The van der Waals surface area contributed by atoms with Crippen molar-refractivity contribution in [2.75, 3.05) is 0 Å². The van der Waals surface area contributed by atoms with Gasteiger partial charge in [0.2, 0.25) is 5.89 Å². The summed E-state index contributed by atoms with van der Waals surface area (Å²) in [5.74, 6) is 1.07. The molecule has 1 aromatic heterocycles. The van der Waals surface area contributed by atoms with E-state index in [1.807, 2.05) is 12.1 Å². The number of aromatic nitrogens is 2. The molecule has 4 nitrogen and oxygen atoms in total. The summed E-state index contributed by atoms with van der Waals surface area (Å²) in [7, 11) is 0. The molecule has 2 aliphatic carbocycles. The van der Waals surface area contributed by atoms with Crippen molar-refractivity contribution in [2.45, 2.75) is 68.7 Å². The molecular weight excluding hydrogens is 305 g/mol. The van der Waals surface area contributed by atoms with Gasteiger partial charge in [0.1, 0.15) is 5.82 Å². The molecule has 0 aliphatic heterocycles. The lowest BCUT2D eigenvalue weighted by Crippen LogP contribution is -2.35. The van der Waals surface area contributed by atoms with Crippen LogP contribution in [0.4, 0.5) is 4.39 Å². The van der Waals surface area contributed by atoms with E-state index >= 15 is 0 Å². The first-order chi connectivity index (χ1) is 11.6. The van der Waals surface area contributed by atoms with E-state index in [9.17, 15) is 4.39 Å². The van der Waals surface area contributed by atoms with E-state index in [1.165, 1.54) is 18.6 Å². The standard InChI is InChI=1S/C19H24FN3O/c20-15-8-6-14(7-9-15)18(10-2-1-3-11-18)17-22-16(23-24-17)19(21)12-4-5-13-19/h6-9H,1-5,10-13,21H2. The number of nitrogens with two attached hydrogens (primary N) is 1. The Kier molecular flexibility index (Phi) is 3.91. The summed E-state index contributed by atoms with van der Waals surface area (Å²) in [6.07, 6.45) is 9.41. The van der Waals surface area contributed by atoms with Gasteiger partial charge in [-0.05, 0) is 43.4 Å². The lowest BCUT2D eigenvalue weighted by Gasteiger charge is -2.34. The van der Waals surface area contributed by atoms with Crippen LogP contribution in [0.5, 0.6) is 0 Å². The minimum atomic E-state index is -0.444. The number of benzene rings is 1. The molecule has 4 rings (SSSR count). The number of hydrogen-bond acceptors (Lipinski definition) is 4. The maximum Gasteiger partial charge on any atom is 0.237 e. The van der Waals surface area contributed by atoms with Crippen molar-refractivity contribution < 1.29 is 8.91 Å². The zero-order valence-electron chi connectivity index (χ0n) is 13.9. The molecule has 0 amide bonds. The number of rotatable bonds is 3. The van der Waals surface area contributed by atoms with Gasteiger partial charge in [0.05, 0.1) is 11.0 Å². The fourth-order valence-corrected chi connectivity index (χ4v) is 4.40. The normalized spacial score (nSPS) is 22.6. The molecule has 1 heterocycles. The zero-order chi connectivity index (χ0) is 16.6. The molecule has 2 aromatic rings. The summed E-state index contributed by atoms with van der Waals surface area (Å²) in [5, 5.41) is 4.25. The Morgan fingerprint density at radius 2 is 1.54 bits per heavy atom. The number of nitrogens with zero attached hydrogens (tertiary/aromatic N) is 2. The highest BCUT2D eigenvalue weighted by molar-refractivity contribution is 5.33. The third-order valence-corrected chi connectivity index (χ3v) is 5.88. The smallest absolute Gasteiger partial charge is 0.237 e. The van der Waals surface area contributed by atoms with Crippen LogP contribution in [-0.2, 0) is 11.0 Å². The average molecular weight is 329 g/mol. The summed E-state index contributed by atoms with van der Waals surface area (Å²) in [6.45, 7) is 0. The van der Waals surface area contributed by atoms with E-state index in [2.05, 4.69) is 5.16 Å². The molecule has 0 unspecified atom stereocenters. The molecular formula is C19H24FN3O. The lowest BCUT2D eigenvalue weighted by molar-refractivity contribution is 0.249. The quantitative estimate of drug-likeness (QED) is 0.917. The van der Waals surface area contributed by atoms with Crippen LogP contribution in [-0.4, -0.2) is 10.1 Å². The first-order valence-electron chi connectivity index (χ1n) is 9.02. The second-order valence-corrected chi connectivity index (χ2v) is 7.44. The molecule has 0 saturated heterocycles. The summed E-state index contributed by atoms with van der Waals surface area (Å²) < 4.78 is 19.1. The van der Waals surface area contributed by atoms with Gasteiger partial charge >= 0.3 is 0 Å². The molecule has 2 N–H and O–H groups in total. The van der Waals surface area contributed by atoms with Crippen molar-refractivity contribution in [1.82, 2.24) is 10.1 Å². The molecule has 2 aliphatic rings. The van der Waals surface area contributed by atoms with Crippen molar-refractivity contribution in [3.63, 3.8) is 0 Å². The topological polar surface area (TPSA) is 64.9 Å². The monoisotopic (exact) mass is 329 g/mol. The molecule has 1 aromatic carbocycles. The molecule has 5 heteroatoms. The molecule has 0 radical (unpaired) electrons. The second-order valence-electron chi connectivity index (χ2n) is 7.44. The molecule has 24 heavy (non-hydrogen) atoms. The van der Waals surface area contributed by atoms with Crippen LogP contribution in [0.25, 0.3) is 0 Å². The van der Waals surface area contributed by atoms with Gasteiger partial charge in [-0.2, -0.15) is 4.98 Å². The predicted molar refractivity (Wildman–Crippen MR) is 88.9 cm³/mol. The van der Waals surface area contributed by atoms with E-state index < -0.39 is 5.54 Å². The molecule has 2 saturated carbocycles. The highest BCUT2D eigenvalue weighted by Gasteiger charge is 2.43. The SMILES string of the molecule is NC1(c2noc(C3(c4ccc(F)cc4)CCCCC3)n2)CCCC1. The molecule has 128 valence electrons. The van der Waals surface area contributed by atoms with Gasteiger partial charge in [-0.15, -0.1) is 0 Å². The van der Waals surface area contributed by atoms with Gasteiger partial charge in [0.15, 0.2) is 5.82 Å². The van der Waals surface area contributed by atoms with E-state index in [-0.39, 0.29) is 11.2 Å².